The van der Waals surface area contributed by atoms with E-state index in [4.69, 9.17) is 9.97 Å². The van der Waals surface area contributed by atoms with Crippen molar-refractivity contribution in [3.05, 3.63) is 23.0 Å². The van der Waals surface area contributed by atoms with Gasteiger partial charge in [-0.3, -0.25) is 9.89 Å². The largest absolute Gasteiger partial charge is 0.347 e. The van der Waals surface area contributed by atoms with Gasteiger partial charge in [0.1, 0.15) is 11.9 Å². The molecule has 0 radical (unpaired) electrons. The van der Waals surface area contributed by atoms with E-state index >= 15 is 0 Å². The van der Waals surface area contributed by atoms with Crippen LogP contribution in [0.25, 0.3) is 0 Å². The zero-order chi connectivity index (χ0) is 21.4. The summed E-state index contributed by atoms with van der Waals surface area (Å²) in [4.78, 5) is 26.2. The van der Waals surface area contributed by atoms with Crippen molar-refractivity contribution in [1.29, 1.82) is 0 Å². The summed E-state index contributed by atoms with van der Waals surface area (Å²) in [6, 6.07) is 1.97. The molecule has 166 valence electrons. The number of nitrogens with zero attached hydrogens (tertiary/aromatic N) is 5. The highest BCUT2D eigenvalue weighted by molar-refractivity contribution is 5.85. The van der Waals surface area contributed by atoms with Gasteiger partial charge in [0.15, 0.2) is 5.82 Å². The van der Waals surface area contributed by atoms with Gasteiger partial charge in [-0.1, -0.05) is 19.3 Å². The SMILES string of the molecule is CN(C)C(=O)[C@H]1CCCN1c1nc2c(c(Nc3cc(C4CCCCC4)[nH]n3)n1)CCC2. The number of likely N-dealkylation sites (N-methyl/N-ethyl adjacent to an activating group) is 1. The molecule has 3 heterocycles. The Morgan fingerprint density at radius 2 is 1.94 bits per heavy atom. The van der Waals surface area contributed by atoms with Crippen molar-refractivity contribution >= 4 is 23.5 Å². The molecule has 1 aliphatic heterocycles. The molecule has 2 aromatic heterocycles. The molecule has 2 aromatic rings. The van der Waals surface area contributed by atoms with E-state index in [9.17, 15) is 4.79 Å². The fourth-order valence-electron chi connectivity index (χ4n) is 5.36. The van der Waals surface area contributed by atoms with E-state index in [-0.39, 0.29) is 11.9 Å². The average Bonchev–Trinajstić information content (AvgIpc) is 3.53. The van der Waals surface area contributed by atoms with Crippen LogP contribution in [-0.2, 0) is 17.6 Å². The number of carbonyl (C=O) groups excluding carboxylic acids is 1. The molecule has 2 fully saturated rings. The number of aromatic amines is 1. The molecular weight excluding hydrogens is 390 g/mol. The van der Waals surface area contributed by atoms with Gasteiger partial charge in [0.25, 0.3) is 0 Å². The van der Waals surface area contributed by atoms with Gasteiger partial charge < -0.3 is 15.1 Å². The Morgan fingerprint density at radius 3 is 2.74 bits per heavy atom. The summed E-state index contributed by atoms with van der Waals surface area (Å²) in [5.74, 6) is 3.05. The average molecular weight is 424 g/mol. The number of H-pyrrole nitrogens is 1. The summed E-state index contributed by atoms with van der Waals surface area (Å²) in [6.45, 7) is 0.816. The molecule has 0 bridgehead atoms. The summed E-state index contributed by atoms with van der Waals surface area (Å²) >= 11 is 0. The van der Waals surface area contributed by atoms with Gasteiger partial charge in [0.2, 0.25) is 11.9 Å². The van der Waals surface area contributed by atoms with E-state index in [1.54, 1.807) is 4.90 Å². The van der Waals surface area contributed by atoms with Crippen LogP contribution < -0.4 is 10.2 Å². The molecular formula is C23H33N7O. The molecule has 1 saturated carbocycles. The van der Waals surface area contributed by atoms with Crippen molar-refractivity contribution in [3.63, 3.8) is 0 Å². The highest BCUT2D eigenvalue weighted by Gasteiger charge is 2.34. The summed E-state index contributed by atoms with van der Waals surface area (Å²) in [7, 11) is 3.63. The maximum atomic E-state index is 12.7. The first-order chi connectivity index (χ1) is 15.1. The van der Waals surface area contributed by atoms with Crippen molar-refractivity contribution in [2.24, 2.45) is 0 Å². The molecule has 2 N–H and O–H groups in total. The van der Waals surface area contributed by atoms with Crippen LogP contribution in [0.3, 0.4) is 0 Å². The van der Waals surface area contributed by atoms with Crippen LogP contribution in [0.4, 0.5) is 17.6 Å². The smallest absolute Gasteiger partial charge is 0.244 e. The number of anilines is 3. The third-order valence-corrected chi connectivity index (χ3v) is 7.05. The lowest BCUT2D eigenvalue weighted by molar-refractivity contribution is -0.129. The maximum Gasteiger partial charge on any atom is 0.244 e. The highest BCUT2D eigenvalue weighted by atomic mass is 16.2. The number of hydrogen-bond donors (Lipinski definition) is 2. The minimum Gasteiger partial charge on any atom is -0.347 e. The van der Waals surface area contributed by atoms with Crippen LogP contribution >= 0.6 is 0 Å². The van der Waals surface area contributed by atoms with Crippen LogP contribution in [0.2, 0.25) is 0 Å². The van der Waals surface area contributed by atoms with E-state index in [2.05, 4.69) is 26.5 Å². The predicted molar refractivity (Wildman–Crippen MR) is 121 cm³/mol. The molecule has 2 aliphatic carbocycles. The number of carbonyl (C=O) groups is 1. The normalized spacial score (nSPS) is 21.4. The van der Waals surface area contributed by atoms with E-state index < -0.39 is 0 Å². The van der Waals surface area contributed by atoms with Crippen LogP contribution in [0, 0.1) is 0 Å². The molecule has 1 amide bonds. The van der Waals surface area contributed by atoms with Gasteiger partial charge in [-0.05, 0) is 44.9 Å². The van der Waals surface area contributed by atoms with E-state index in [1.165, 1.54) is 43.4 Å². The lowest BCUT2D eigenvalue weighted by Crippen LogP contribution is -2.43. The third-order valence-electron chi connectivity index (χ3n) is 7.05. The standard InChI is InChI=1S/C23H33N7O/c1-29(2)22(31)19-12-7-13-30(19)23-24-17-11-6-10-16(17)21(26-23)25-20-14-18(27-28-20)15-8-4-3-5-9-15/h14-15,19H,3-13H2,1-2H3,(H2,24,25,26,27,28)/t19-/m1/s1. The van der Waals surface area contributed by atoms with E-state index in [1.807, 2.05) is 14.1 Å². The fourth-order valence-corrected chi connectivity index (χ4v) is 5.36. The van der Waals surface area contributed by atoms with Crippen molar-refractivity contribution in [1.82, 2.24) is 25.1 Å². The predicted octanol–water partition coefficient (Wildman–Crippen LogP) is 3.54. The molecule has 5 rings (SSSR count). The minimum atomic E-state index is -0.175. The van der Waals surface area contributed by atoms with E-state index in [0.717, 1.165) is 56.0 Å². The molecule has 0 spiro atoms. The Bertz CT molecular complexity index is 947. The number of rotatable bonds is 5. The quantitative estimate of drug-likeness (QED) is 0.765. The lowest BCUT2D eigenvalue weighted by Gasteiger charge is -2.27. The van der Waals surface area contributed by atoms with Crippen LogP contribution in [0.5, 0.6) is 0 Å². The van der Waals surface area contributed by atoms with Crippen molar-refractivity contribution < 1.29 is 4.79 Å². The number of nitrogens with one attached hydrogen (secondary N) is 2. The molecule has 1 saturated heterocycles. The van der Waals surface area contributed by atoms with Crippen LogP contribution in [0.15, 0.2) is 6.07 Å². The first-order valence-electron chi connectivity index (χ1n) is 11.8. The number of aromatic nitrogens is 4. The molecule has 31 heavy (non-hydrogen) atoms. The number of fused-ring (bicyclic) bond motifs is 1. The Balaban J connectivity index is 1.41. The maximum absolute atomic E-state index is 12.7. The van der Waals surface area contributed by atoms with Gasteiger partial charge >= 0.3 is 0 Å². The van der Waals surface area contributed by atoms with Crippen molar-refractivity contribution in [3.8, 4) is 0 Å². The summed E-state index contributed by atoms with van der Waals surface area (Å²) in [5.41, 5.74) is 3.53. The second-order valence-corrected chi connectivity index (χ2v) is 9.40. The molecule has 0 aromatic carbocycles. The molecule has 1 atom stereocenters. The first kappa shape index (κ1) is 20.3. The van der Waals surface area contributed by atoms with Gasteiger partial charge in [0, 0.05) is 43.9 Å². The van der Waals surface area contributed by atoms with E-state index in [0.29, 0.717) is 11.9 Å². The van der Waals surface area contributed by atoms with Crippen molar-refractivity contribution in [2.45, 2.75) is 76.2 Å². The van der Waals surface area contributed by atoms with Crippen molar-refractivity contribution in [2.75, 3.05) is 30.9 Å². The molecule has 8 heteroatoms. The zero-order valence-electron chi connectivity index (χ0n) is 18.7. The summed E-state index contributed by atoms with van der Waals surface area (Å²) in [6.07, 6.45) is 11.3. The molecule has 3 aliphatic rings. The first-order valence-corrected chi connectivity index (χ1v) is 11.8. The summed E-state index contributed by atoms with van der Waals surface area (Å²) < 4.78 is 0. The second-order valence-electron chi connectivity index (χ2n) is 9.40. The Hall–Kier alpha value is -2.64. The minimum absolute atomic E-state index is 0.125. The van der Waals surface area contributed by atoms with Gasteiger partial charge in [-0.15, -0.1) is 0 Å². The Kier molecular flexibility index (Phi) is 5.54. The zero-order valence-corrected chi connectivity index (χ0v) is 18.7. The fraction of sp³-hybridized carbons (Fsp3) is 0.652. The highest BCUT2D eigenvalue weighted by Crippen LogP contribution is 2.35. The molecule has 0 unspecified atom stereocenters. The molecule has 8 nitrogen and oxygen atoms in total. The van der Waals surface area contributed by atoms with Crippen LogP contribution in [-0.4, -0.2) is 57.7 Å². The lowest BCUT2D eigenvalue weighted by atomic mass is 9.87. The number of amides is 1. The number of hydrogen-bond acceptors (Lipinski definition) is 6. The topological polar surface area (TPSA) is 90.0 Å². The monoisotopic (exact) mass is 423 g/mol. The van der Waals surface area contributed by atoms with Crippen LogP contribution in [0.1, 0.15) is 74.2 Å². The Labute approximate surface area is 183 Å². The second kappa shape index (κ2) is 8.48. The number of aryl methyl sites for hydroxylation is 1. The third kappa shape index (κ3) is 4.00. The Morgan fingerprint density at radius 1 is 1.10 bits per heavy atom. The van der Waals surface area contributed by atoms with Gasteiger partial charge in [-0.25, -0.2) is 4.98 Å². The van der Waals surface area contributed by atoms with Gasteiger partial charge in [0.05, 0.1) is 5.69 Å². The van der Waals surface area contributed by atoms with Gasteiger partial charge in [-0.2, -0.15) is 10.1 Å². The summed E-state index contributed by atoms with van der Waals surface area (Å²) in [5, 5.41) is 11.3.